The van der Waals surface area contributed by atoms with Crippen molar-refractivity contribution >= 4 is 16.4 Å². The van der Waals surface area contributed by atoms with Gasteiger partial charge in [0.25, 0.3) is 0 Å². The van der Waals surface area contributed by atoms with E-state index in [9.17, 15) is 4.79 Å². The number of ether oxygens (including phenoxy) is 1. The smallest absolute Gasteiger partial charge is 0.759 e. The summed E-state index contributed by atoms with van der Waals surface area (Å²) in [5.41, 5.74) is 0. The Morgan fingerprint density at radius 2 is 1.75 bits per heavy atom. The average Bonchev–Trinajstić information content (AvgIpc) is 2.01. The predicted molar refractivity (Wildman–Crippen MR) is 46.5 cm³/mol. The van der Waals surface area contributed by atoms with Crippen LogP contribution in [0.2, 0.25) is 0 Å². The Morgan fingerprint density at radius 1 is 1.38 bits per heavy atom. The van der Waals surface area contributed by atoms with Crippen LogP contribution in [0.25, 0.3) is 0 Å². The van der Waals surface area contributed by atoms with Gasteiger partial charge >= 0.3 is 109 Å². The Hall–Kier alpha value is 2.35. The van der Waals surface area contributed by atoms with Crippen LogP contribution in [0.15, 0.2) is 12.7 Å². The summed E-state index contributed by atoms with van der Waals surface area (Å²) in [4.78, 5) is 10.3. The molecule has 0 heterocycles. The van der Waals surface area contributed by atoms with E-state index in [1.54, 1.807) is 0 Å². The number of carbonyl (C=O) groups excluding carboxylic acids is 1. The molecule has 0 aliphatic carbocycles. The van der Waals surface area contributed by atoms with Gasteiger partial charge in [0.1, 0.15) is 0 Å². The predicted octanol–water partition coefficient (Wildman–Crippen LogP) is -5.81. The summed E-state index contributed by atoms with van der Waals surface area (Å²) in [6.07, 6.45) is 3.15. The molecule has 0 saturated heterocycles. The van der Waals surface area contributed by atoms with E-state index in [0.29, 0.717) is 6.61 Å². The van der Waals surface area contributed by atoms with E-state index < -0.39 is 10.4 Å². The van der Waals surface area contributed by atoms with Crippen molar-refractivity contribution in [3.8, 4) is 0 Å². The second-order valence-electron chi connectivity index (χ2n) is 2.13. The van der Waals surface area contributed by atoms with Crippen molar-refractivity contribution in [1.82, 2.24) is 0 Å². The van der Waals surface area contributed by atoms with Crippen LogP contribution in [0, 0.1) is 0 Å². The first kappa shape index (κ1) is 26.8. The summed E-state index contributed by atoms with van der Waals surface area (Å²) in [5.74, 6) is -0.330. The van der Waals surface area contributed by atoms with E-state index in [1.165, 1.54) is 6.08 Å². The molecule has 0 radical (unpaired) electrons. The second-order valence-corrected chi connectivity index (χ2v) is 2.95. The zero-order valence-corrected chi connectivity index (χ0v) is 16.8. The number of esters is 1. The van der Waals surface area contributed by atoms with Crippen molar-refractivity contribution in [2.24, 2.45) is 0 Å². The second kappa shape index (κ2) is 17.4. The summed E-state index contributed by atoms with van der Waals surface area (Å²) < 4.78 is 38.8. The molecule has 6 nitrogen and oxygen atoms in total. The van der Waals surface area contributed by atoms with Crippen LogP contribution in [0.5, 0.6) is 0 Å². The maximum Gasteiger partial charge on any atom is 1.00 e. The summed E-state index contributed by atoms with van der Waals surface area (Å²) >= 11 is 0. The van der Waals surface area contributed by atoms with E-state index in [0.717, 1.165) is 12.8 Å². The Morgan fingerprint density at radius 3 is 2.00 bits per heavy atom. The van der Waals surface area contributed by atoms with Crippen molar-refractivity contribution in [2.75, 3.05) is 6.61 Å². The molecule has 0 unspecified atom stereocenters. The van der Waals surface area contributed by atoms with Crippen LogP contribution in [0.3, 0.4) is 0 Å². The molecular weight excluding hydrogens is 290 g/mol. The fourth-order valence-corrected chi connectivity index (χ4v) is 0.376. The van der Waals surface area contributed by atoms with E-state index in [2.05, 4.69) is 11.3 Å². The molecule has 0 aromatic carbocycles. The van der Waals surface area contributed by atoms with Crippen molar-refractivity contribution in [2.45, 2.75) is 19.8 Å². The molecule has 16 heavy (non-hydrogen) atoms. The molecular formula is C7H12K2O6S. The molecule has 0 saturated carbocycles. The number of hydrogen-bond donors (Lipinski definition) is 0. The van der Waals surface area contributed by atoms with Gasteiger partial charge in [-0.3, -0.25) is 8.42 Å². The monoisotopic (exact) mass is 302 g/mol. The summed E-state index contributed by atoms with van der Waals surface area (Å²) in [6, 6.07) is 0. The first-order valence-electron chi connectivity index (χ1n) is 3.77. The molecule has 0 aromatic heterocycles. The molecule has 0 aliphatic heterocycles. The van der Waals surface area contributed by atoms with Gasteiger partial charge in [0.15, 0.2) is 0 Å². The minimum atomic E-state index is -5.17. The number of hydrogen-bond acceptors (Lipinski definition) is 6. The van der Waals surface area contributed by atoms with Crippen molar-refractivity contribution < 1.29 is 130 Å². The molecule has 0 amide bonds. The van der Waals surface area contributed by atoms with Gasteiger partial charge < -0.3 is 13.8 Å². The third-order valence-corrected chi connectivity index (χ3v) is 0.909. The zero-order valence-electron chi connectivity index (χ0n) is 9.76. The standard InChI is InChI=1S/C7H12O2.2K.H2O4S/c1-3-5-6-9-7(8)4-2;;;1-5(2,3)4/h4H,2-3,5-6H2,1H3;;;(H2,1,2,3,4)/q;2*+1;/p-2. The van der Waals surface area contributed by atoms with Crippen LogP contribution in [-0.2, 0) is 19.9 Å². The maximum atomic E-state index is 10.3. The molecule has 0 fully saturated rings. The van der Waals surface area contributed by atoms with Crippen molar-refractivity contribution in [1.29, 1.82) is 0 Å². The normalized spacial score (nSPS) is 8.44. The van der Waals surface area contributed by atoms with E-state index in [-0.39, 0.29) is 109 Å². The van der Waals surface area contributed by atoms with Crippen LogP contribution < -0.4 is 103 Å². The van der Waals surface area contributed by atoms with Gasteiger partial charge in [-0.15, -0.1) is 0 Å². The molecule has 0 aromatic rings. The van der Waals surface area contributed by atoms with Crippen LogP contribution in [0.4, 0.5) is 0 Å². The first-order valence-corrected chi connectivity index (χ1v) is 5.10. The number of unbranched alkanes of at least 4 members (excludes halogenated alkanes) is 1. The van der Waals surface area contributed by atoms with Gasteiger partial charge in [-0.2, -0.15) is 0 Å². The van der Waals surface area contributed by atoms with Crippen LogP contribution >= 0.6 is 0 Å². The third-order valence-electron chi connectivity index (χ3n) is 0.909. The Balaban J connectivity index is -0.0000000904. The fourth-order valence-electron chi connectivity index (χ4n) is 0.376. The molecule has 0 spiro atoms. The largest absolute Gasteiger partial charge is 1.00 e. The van der Waals surface area contributed by atoms with Gasteiger partial charge in [-0.05, 0) is 6.42 Å². The van der Waals surface area contributed by atoms with Crippen molar-refractivity contribution in [3.05, 3.63) is 12.7 Å². The summed E-state index contributed by atoms with van der Waals surface area (Å²) in [7, 11) is -5.17. The number of carbonyl (C=O) groups is 1. The Bertz CT molecular complexity index is 256. The average molecular weight is 302 g/mol. The quantitative estimate of drug-likeness (QED) is 0.128. The maximum absolute atomic E-state index is 10.3. The first-order chi connectivity index (χ1) is 6.31. The molecule has 9 heteroatoms. The van der Waals surface area contributed by atoms with Gasteiger partial charge in [-0.1, -0.05) is 19.9 Å². The van der Waals surface area contributed by atoms with Gasteiger partial charge in [0.2, 0.25) is 0 Å². The Labute approximate surface area is 181 Å². The molecule has 0 N–H and O–H groups in total. The van der Waals surface area contributed by atoms with E-state index in [1.807, 2.05) is 6.92 Å². The zero-order chi connectivity index (χ0) is 11.6. The fraction of sp³-hybridized carbons (Fsp3) is 0.571. The minimum absolute atomic E-state index is 0. The van der Waals surface area contributed by atoms with Crippen molar-refractivity contribution in [3.63, 3.8) is 0 Å². The third kappa shape index (κ3) is 44.1. The SMILES string of the molecule is C=CC(=O)OCCCC.O=S(=O)([O-])[O-].[K+].[K+]. The Kier molecular flexibility index (Phi) is 29.1. The minimum Gasteiger partial charge on any atom is -0.759 e. The van der Waals surface area contributed by atoms with E-state index in [4.69, 9.17) is 17.5 Å². The molecule has 0 atom stereocenters. The van der Waals surface area contributed by atoms with Crippen LogP contribution in [-0.4, -0.2) is 30.1 Å². The summed E-state index contributed by atoms with van der Waals surface area (Å²) in [6.45, 7) is 5.82. The molecule has 0 aliphatic rings. The topological polar surface area (TPSA) is 107 Å². The molecule has 0 bridgehead atoms. The molecule has 84 valence electrons. The van der Waals surface area contributed by atoms with Gasteiger partial charge in [0, 0.05) is 16.5 Å². The van der Waals surface area contributed by atoms with Gasteiger partial charge in [0.05, 0.1) is 6.61 Å². The number of rotatable bonds is 4. The van der Waals surface area contributed by atoms with E-state index >= 15 is 0 Å². The van der Waals surface area contributed by atoms with Crippen LogP contribution in [0.1, 0.15) is 19.8 Å². The van der Waals surface area contributed by atoms with Gasteiger partial charge in [-0.25, -0.2) is 4.79 Å². The summed E-state index contributed by atoms with van der Waals surface area (Å²) in [5, 5.41) is 0. The molecule has 0 rings (SSSR count).